The molecule has 29 heavy (non-hydrogen) atoms. The van der Waals surface area contributed by atoms with Gasteiger partial charge in [0.1, 0.15) is 6.61 Å². The number of aromatic nitrogens is 1. The van der Waals surface area contributed by atoms with Crippen molar-refractivity contribution in [2.45, 2.75) is 12.5 Å². The normalized spacial score (nSPS) is 15.2. The molecule has 5 rings (SSSR count). The number of hydrogen-bond acceptors (Lipinski definition) is 4. The van der Waals surface area contributed by atoms with Crippen LogP contribution in [0.5, 0.6) is 5.88 Å². The van der Waals surface area contributed by atoms with E-state index >= 15 is 0 Å². The van der Waals surface area contributed by atoms with Crippen LogP contribution in [0.15, 0.2) is 70.8 Å². The summed E-state index contributed by atoms with van der Waals surface area (Å²) in [4.78, 5) is 25.4. The molecule has 2 aromatic heterocycles. The average Bonchev–Trinajstić information content (AvgIpc) is 3.39. The second kappa shape index (κ2) is 6.90. The molecule has 1 N–H and O–H groups in total. The maximum Gasteiger partial charge on any atom is 0.330 e. The Bertz CT molecular complexity index is 1280. The Balaban J connectivity index is 1.72. The lowest BCUT2D eigenvalue weighted by Crippen LogP contribution is -2.27. The summed E-state index contributed by atoms with van der Waals surface area (Å²) in [7, 11) is 0. The number of nitrogens with zero attached hydrogens (tertiary/aromatic N) is 1. The van der Waals surface area contributed by atoms with Gasteiger partial charge < -0.3 is 9.84 Å². The summed E-state index contributed by atoms with van der Waals surface area (Å²) in [5.41, 5.74) is 2.40. The van der Waals surface area contributed by atoms with Gasteiger partial charge in [-0.2, -0.15) is 0 Å². The second-order valence-corrected chi connectivity index (χ2v) is 7.96. The van der Waals surface area contributed by atoms with Crippen molar-refractivity contribution in [2.24, 2.45) is 0 Å². The third kappa shape index (κ3) is 2.93. The molecule has 1 atom stereocenters. The van der Waals surface area contributed by atoms with Crippen LogP contribution in [0.25, 0.3) is 21.2 Å². The topological polar surface area (TPSA) is 68.5 Å². The molecule has 4 aromatic rings. The molecule has 0 fully saturated rings. The predicted octanol–water partition coefficient (Wildman–Crippen LogP) is 4.34. The Hall–Kier alpha value is -3.38. The molecule has 1 aliphatic heterocycles. The van der Waals surface area contributed by atoms with Crippen molar-refractivity contribution < 1.29 is 14.6 Å². The summed E-state index contributed by atoms with van der Waals surface area (Å²) in [6, 6.07) is 18.8. The zero-order chi connectivity index (χ0) is 20.0. The van der Waals surface area contributed by atoms with Crippen LogP contribution in [0.3, 0.4) is 0 Å². The average molecular weight is 403 g/mol. The summed E-state index contributed by atoms with van der Waals surface area (Å²) in [6.07, 6.45) is 0.554. The molecular formula is C23H17NO4S. The summed E-state index contributed by atoms with van der Waals surface area (Å²) in [5.74, 6) is -0.715. The lowest BCUT2D eigenvalue weighted by atomic mass is 9.95. The maximum atomic E-state index is 12.8. The fourth-order valence-corrected chi connectivity index (χ4v) is 4.77. The van der Waals surface area contributed by atoms with Crippen molar-refractivity contribution in [3.8, 4) is 16.3 Å². The standard InChI is InChI=1S/C23H17NO4S/c25-20-12-16(11-15-7-3-6-14-5-1-2-8-17(14)15)21(19-9-4-10-29-19)22-24(20)18(13-28-22)23(26)27/h1-10,12,18H,11,13H2,(H,26,27)/t18-/m0/s1. The third-order valence-electron chi connectivity index (χ3n) is 5.29. The molecule has 0 aliphatic carbocycles. The van der Waals surface area contributed by atoms with E-state index in [0.29, 0.717) is 12.3 Å². The number of fused-ring (bicyclic) bond motifs is 2. The van der Waals surface area contributed by atoms with Crippen molar-refractivity contribution in [3.05, 3.63) is 87.5 Å². The van der Waals surface area contributed by atoms with Crippen LogP contribution in [0.1, 0.15) is 17.2 Å². The van der Waals surface area contributed by atoms with E-state index in [-0.39, 0.29) is 12.2 Å². The van der Waals surface area contributed by atoms with Crippen LogP contribution < -0.4 is 10.3 Å². The number of ether oxygens (including phenoxy) is 1. The monoisotopic (exact) mass is 403 g/mol. The van der Waals surface area contributed by atoms with Gasteiger partial charge in [-0.1, -0.05) is 48.5 Å². The van der Waals surface area contributed by atoms with Crippen LogP contribution in [0.4, 0.5) is 0 Å². The van der Waals surface area contributed by atoms with Gasteiger partial charge in [-0.3, -0.25) is 9.36 Å². The Morgan fingerprint density at radius 3 is 2.72 bits per heavy atom. The molecule has 5 nitrogen and oxygen atoms in total. The number of thiophene rings is 1. The van der Waals surface area contributed by atoms with Gasteiger partial charge in [0.2, 0.25) is 5.88 Å². The zero-order valence-electron chi connectivity index (χ0n) is 15.4. The molecule has 2 aromatic carbocycles. The molecule has 0 saturated carbocycles. The van der Waals surface area contributed by atoms with Crippen molar-refractivity contribution in [3.63, 3.8) is 0 Å². The van der Waals surface area contributed by atoms with Gasteiger partial charge in [0, 0.05) is 10.9 Å². The van der Waals surface area contributed by atoms with Crippen LogP contribution in [-0.4, -0.2) is 22.2 Å². The lowest BCUT2D eigenvalue weighted by molar-refractivity contribution is -0.140. The highest BCUT2D eigenvalue weighted by Gasteiger charge is 2.34. The van der Waals surface area contributed by atoms with E-state index in [0.717, 1.165) is 32.3 Å². The first-order valence-corrected chi connectivity index (χ1v) is 10.2. The van der Waals surface area contributed by atoms with Gasteiger partial charge in [0.05, 0.1) is 5.56 Å². The summed E-state index contributed by atoms with van der Waals surface area (Å²) >= 11 is 1.54. The van der Waals surface area contributed by atoms with Crippen molar-refractivity contribution in [2.75, 3.05) is 6.61 Å². The molecule has 0 radical (unpaired) electrons. The van der Waals surface area contributed by atoms with E-state index in [1.165, 1.54) is 4.57 Å². The van der Waals surface area contributed by atoms with Crippen LogP contribution >= 0.6 is 11.3 Å². The van der Waals surface area contributed by atoms with E-state index in [1.54, 1.807) is 17.4 Å². The molecule has 144 valence electrons. The number of aliphatic carboxylic acids is 1. The quantitative estimate of drug-likeness (QED) is 0.550. The molecule has 1 aliphatic rings. The van der Waals surface area contributed by atoms with Gasteiger partial charge in [-0.25, -0.2) is 4.79 Å². The molecule has 0 bridgehead atoms. The van der Waals surface area contributed by atoms with Gasteiger partial charge in [-0.15, -0.1) is 11.3 Å². The summed E-state index contributed by atoms with van der Waals surface area (Å²) in [5, 5.41) is 13.7. The van der Waals surface area contributed by atoms with Crippen molar-refractivity contribution in [1.82, 2.24) is 4.57 Å². The highest BCUT2D eigenvalue weighted by atomic mass is 32.1. The van der Waals surface area contributed by atoms with Crippen molar-refractivity contribution in [1.29, 1.82) is 0 Å². The number of rotatable bonds is 4. The van der Waals surface area contributed by atoms with Gasteiger partial charge >= 0.3 is 5.97 Å². The van der Waals surface area contributed by atoms with E-state index in [4.69, 9.17) is 4.74 Å². The molecule has 0 unspecified atom stereocenters. The number of carboxylic acid groups (broad SMARTS) is 1. The third-order valence-corrected chi connectivity index (χ3v) is 6.18. The molecule has 6 heteroatoms. The van der Waals surface area contributed by atoms with Gasteiger partial charge in [0.25, 0.3) is 5.56 Å². The van der Waals surface area contributed by atoms with Gasteiger partial charge in [-0.05, 0) is 39.8 Å². The Morgan fingerprint density at radius 2 is 1.93 bits per heavy atom. The zero-order valence-corrected chi connectivity index (χ0v) is 16.2. The van der Waals surface area contributed by atoms with Crippen molar-refractivity contribution >= 4 is 28.1 Å². The van der Waals surface area contributed by atoms with E-state index < -0.39 is 12.0 Å². The minimum atomic E-state index is -1.07. The Morgan fingerprint density at radius 1 is 1.10 bits per heavy atom. The predicted molar refractivity (Wildman–Crippen MR) is 113 cm³/mol. The first-order valence-electron chi connectivity index (χ1n) is 9.28. The highest BCUT2D eigenvalue weighted by Crippen LogP contribution is 2.40. The largest absolute Gasteiger partial charge is 0.480 e. The smallest absolute Gasteiger partial charge is 0.330 e. The molecule has 0 saturated heterocycles. The van der Waals surface area contributed by atoms with Crippen LogP contribution in [0, 0.1) is 0 Å². The van der Waals surface area contributed by atoms with E-state index in [1.807, 2.05) is 35.7 Å². The van der Waals surface area contributed by atoms with Crippen LogP contribution in [0.2, 0.25) is 0 Å². The number of carbonyl (C=O) groups is 1. The number of benzene rings is 2. The minimum absolute atomic E-state index is 0.0410. The maximum absolute atomic E-state index is 12.8. The lowest BCUT2D eigenvalue weighted by Gasteiger charge is -2.15. The van der Waals surface area contributed by atoms with Gasteiger partial charge in [0.15, 0.2) is 6.04 Å². The first kappa shape index (κ1) is 17.7. The Kier molecular flexibility index (Phi) is 4.21. The fourth-order valence-electron chi connectivity index (χ4n) is 3.98. The molecular weight excluding hydrogens is 386 g/mol. The number of hydrogen-bond donors (Lipinski definition) is 1. The number of pyridine rings is 1. The van der Waals surface area contributed by atoms with Crippen LogP contribution in [-0.2, 0) is 11.2 Å². The fraction of sp³-hybridized carbons (Fsp3) is 0.130. The summed E-state index contributed by atoms with van der Waals surface area (Å²) < 4.78 is 7.03. The minimum Gasteiger partial charge on any atom is -0.480 e. The molecule has 3 heterocycles. The highest BCUT2D eigenvalue weighted by molar-refractivity contribution is 7.13. The second-order valence-electron chi connectivity index (χ2n) is 7.02. The molecule has 0 spiro atoms. The van der Waals surface area contributed by atoms with E-state index in [2.05, 4.69) is 24.3 Å². The molecule has 0 amide bonds. The first-order chi connectivity index (χ1) is 14.1. The summed E-state index contributed by atoms with van der Waals surface area (Å²) in [6.45, 7) is -0.0410. The number of carboxylic acids is 1. The van der Waals surface area contributed by atoms with E-state index in [9.17, 15) is 14.7 Å². The Labute approximate surface area is 170 Å². The SMILES string of the molecule is O=C(O)[C@@H]1COc2c(-c3cccs3)c(Cc3cccc4ccccc34)cc(=O)n21.